The lowest BCUT2D eigenvalue weighted by Gasteiger charge is -2.39. The van der Waals surface area contributed by atoms with Crippen LogP contribution in [0.2, 0.25) is 0 Å². The van der Waals surface area contributed by atoms with Crippen molar-refractivity contribution in [3.05, 3.63) is 41.6 Å². The molecule has 178 valence electrons. The van der Waals surface area contributed by atoms with Gasteiger partial charge < -0.3 is 15.6 Å². The van der Waals surface area contributed by atoms with E-state index in [0.717, 1.165) is 51.4 Å². The summed E-state index contributed by atoms with van der Waals surface area (Å²) < 4.78 is 37.7. The van der Waals surface area contributed by atoms with Gasteiger partial charge in [0.15, 0.2) is 0 Å². The Bertz CT molecular complexity index is 1070. The minimum absolute atomic E-state index is 0.340. The number of halogens is 3. The average Bonchev–Trinajstić information content (AvgIpc) is 3.29. The third-order valence-corrected chi connectivity index (χ3v) is 6.61. The topological polar surface area (TPSA) is 101 Å². The van der Waals surface area contributed by atoms with Crippen LogP contribution >= 0.6 is 0 Å². The Hall–Kier alpha value is -3.32. The Balaban J connectivity index is 1.65. The molecule has 7 nitrogen and oxygen atoms in total. The van der Waals surface area contributed by atoms with Crippen LogP contribution < -0.4 is 10.2 Å². The zero-order valence-corrected chi connectivity index (χ0v) is 18.6. The standard InChI is InChI=1S/C24H26F3N7/c25-24(26,27)16-31-13-19(12-29)20-14-32-22(33-21(20)18-3-1-17(11-28)2-4-18)34-9-6-23(7-10-34)5-8-30-15-23/h1-4,12-14,19,29-30H,5-10,15-16H2. The highest BCUT2D eigenvalue weighted by atomic mass is 19.4. The highest BCUT2D eigenvalue weighted by Gasteiger charge is 2.37. The van der Waals surface area contributed by atoms with E-state index in [2.05, 4.69) is 26.3 Å². The molecule has 2 aliphatic heterocycles. The van der Waals surface area contributed by atoms with Crippen molar-refractivity contribution in [3.63, 3.8) is 0 Å². The van der Waals surface area contributed by atoms with Gasteiger partial charge in [-0.1, -0.05) is 12.1 Å². The zero-order chi connectivity index (χ0) is 24.2. The van der Waals surface area contributed by atoms with Crippen LogP contribution in [0.1, 0.15) is 36.3 Å². The maximum absolute atomic E-state index is 12.6. The molecule has 2 aliphatic rings. The van der Waals surface area contributed by atoms with E-state index in [-0.39, 0.29) is 0 Å². The van der Waals surface area contributed by atoms with Crippen LogP contribution in [-0.4, -0.2) is 61.3 Å². The number of hydrogen-bond acceptors (Lipinski definition) is 7. The number of piperidine rings is 1. The molecular formula is C24H26F3N7. The first kappa shape index (κ1) is 23.8. The number of nitrogens with zero attached hydrogens (tertiary/aromatic N) is 5. The van der Waals surface area contributed by atoms with Crippen molar-refractivity contribution in [2.45, 2.75) is 31.4 Å². The average molecular weight is 470 g/mol. The number of nitriles is 1. The van der Waals surface area contributed by atoms with Crippen LogP contribution in [-0.2, 0) is 0 Å². The molecule has 0 saturated carbocycles. The minimum Gasteiger partial charge on any atom is -0.341 e. The van der Waals surface area contributed by atoms with E-state index in [1.807, 2.05) is 0 Å². The fourth-order valence-electron chi connectivity index (χ4n) is 4.60. The van der Waals surface area contributed by atoms with Gasteiger partial charge in [0.1, 0.15) is 6.54 Å². The van der Waals surface area contributed by atoms with Gasteiger partial charge >= 0.3 is 6.18 Å². The van der Waals surface area contributed by atoms with Gasteiger partial charge in [-0.2, -0.15) is 18.4 Å². The highest BCUT2D eigenvalue weighted by molar-refractivity contribution is 5.91. The summed E-state index contributed by atoms with van der Waals surface area (Å²) in [5.41, 5.74) is 2.53. The third kappa shape index (κ3) is 5.42. The van der Waals surface area contributed by atoms with Gasteiger partial charge in [0.05, 0.1) is 23.2 Å². The second-order valence-corrected chi connectivity index (χ2v) is 8.87. The largest absolute Gasteiger partial charge is 0.407 e. The maximum Gasteiger partial charge on any atom is 0.407 e. The lowest BCUT2D eigenvalue weighted by atomic mass is 9.78. The molecule has 1 unspecified atom stereocenters. The van der Waals surface area contributed by atoms with Crippen molar-refractivity contribution < 1.29 is 13.2 Å². The van der Waals surface area contributed by atoms with Gasteiger partial charge in [-0.3, -0.25) is 4.99 Å². The van der Waals surface area contributed by atoms with Crippen LogP contribution in [0.25, 0.3) is 11.3 Å². The molecule has 3 heterocycles. The van der Waals surface area contributed by atoms with E-state index >= 15 is 0 Å². The number of benzene rings is 1. The Morgan fingerprint density at radius 2 is 1.97 bits per heavy atom. The monoisotopic (exact) mass is 469 g/mol. The van der Waals surface area contributed by atoms with Gasteiger partial charge in [-0.15, -0.1) is 0 Å². The fourth-order valence-corrected chi connectivity index (χ4v) is 4.60. The lowest BCUT2D eigenvalue weighted by Crippen LogP contribution is -2.42. The number of rotatable bonds is 6. The quantitative estimate of drug-likeness (QED) is 0.624. The number of nitrogens with one attached hydrogen (secondary N) is 2. The smallest absolute Gasteiger partial charge is 0.341 e. The summed E-state index contributed by atoms with van der Waals surface area (Å²) in [6.07, 6.45) is 2.57. The van der Waals surface area contributed by atoms with Crippen molar-refractivity contribution in [1.29, 1.82) is 10.7 Å². The number of aromatic nitrogens is 2. The first-order valence-electron chi connectivity index (χ1n) is 11.2. The fraction of sp³-hybridized carbons (Fsp3) is 0.458. The summed E-state index contributed by atoms with van der Waals surface area (Å²) in [6.45, 7) is 2.43. The molecule has 34 heavy (non-hydrogen) atoms. The number of alkyl halides is 3. The van der Waals surface area contributed by atoms with E-state index in [1.165, 1.54) is 6.42 Å². The van der Waals surface area contributed by atoms with Gasteiger partial charge in [-0.05, 0) is 43.4 Å². The van der Waals surface area contributed by atoms with E-state index in [1.54, 1.807) is 30.5 Å². The molecule has 0 bridgehead atoms. The predicted octanol–water partition coefficient (Wildman–Crippen LogP) is 3.96. The number of hydrogen-bond donors (Lipinski definition) is 2. The first-order chi connectivity index (χ1) is 16.3. The summed E-state index contributed by atoms with van der Waals surface area (Å²) in [5, 5.41) is 20.4. The minimum atomic E-state index is -4.42. The predicted molar refractivity (Wildman–Crippen MR) is 124 cm³/mol. The molecule has 0 aliphatic carbocycles. The molecule has 2 saturated heterocycles. The van der Waals surface area contributed by atoms with Gasteiger partial charge in [0.25, 0.3) is 0 Å². The maximum atomic E-state index is 12.6. The molecule has 1 atom stereocenters. The summed E-state index contributed by atoms with van der Waals surface area (Å²) in [7, 11) is 0. The van der Waals surface area contributed by atoms with Crippen molar-refractivity contribution >= 4 is 18.4 Å². The van der Waals surface area contributed by atoms with Gasteiger partial charge in [-0.25, -0.2) is 9.97 Å². The van der Waals surface area contributed by atoms with Gasteiger partial charge in [0.2, 0.25) is 5.95 Å². The summed E-state index contributed by atoms with van der Waals surface area (Å²) in [5.74, 6) is -0.254. The second-order valence-electron chi connectivity index (χ2n) is 8.87. The van der Waals surface area contributed by atoms with Crippen LogP contribution in [0, 0.1) is 22.2 Å². The zero-order valence-electron chi connectivity index (χ0n) is 18.6. The summed E-state index contributed by atoms with van der Waals surface area (Å²) in [4.78, 5) is 14.9. The number of anilines is 1. The van der Waals surface area contributed by atoms with Crippen molar-refractivity contribution in [1.82, 2.24) is 15.3 Å². The van der Waals surface area contributed by atoms with E-state index < -0.39 is 18.6 Å². The van der Waals surface area contributed by atoms with Crippen molar-refractivity contribution in [3.8, 4) is 17.3 Å². The van der Waals surface area contributed by atoms with E-state index in [4.69, 9.17) is 15.7 Å². The Kier molecular flexibility index (Phi) is 6.93. The van der Waals surface area contributed by atoms with Crippen LogP contribution in [0.15, 0.2) is 35.5 Å². The normalized spacial score (nSPS) is 18.8. The molecule has 2 N–H and O–H groups in total. The second kappa shape index (κ2) is 9.89. The first-order valence-corrected chi connectivity index (χ1v) is 11.2. The Labute approximate surface area is 196 Å². The number of aliphatic imine (C=N–C) groups is 1. The van der Waals surface area contributed by atoms with Crippen molar-refractivity contribution in [2.24, 2.45) is 10.4 Å². The summed E-state index contributed by atoms with van der Waals surface area (Å²) in [6, 6.07) is 8.89. The van der Waals surface area contributed by atoms with Crippen molar-refractivity contribution in [2.75, 3.05) is 37.6 Å². The van der Waals surface area contributed by atoms with E-state index in [0.29, 0.717) is 33.7 Å². The van der Waals surface area contributed by atoms with Gasteiger partial charge in [0, 0.05) is 49.4 Å². The third-order valence-electron chi connectivity index (χ3n) is 6.61. The van der Waals surface area contributed by atoms with Crippen LogP contribution in [0.4, 0.5) is 19.1 Å². The molecular weight excluding hydrogens is 443 g/mol. The molecule has 1 aromatic heterocycles. The molecule has 1 spiro atoms. The molecule has 2 fully saturated rings. The molecule has 0 radical (unpaired) electrons. The van der Waals surface area contributed by atoms with Crippen LogP contribution in [0.3, 0.4) is 0 Å². The molecule has 0 amide bonds. The lowest BCUT2D eigenvalue weighted by molar-refractivity contribution is -0.118. The molecule has 4 rings (SSSR count). The molecule has 10 heteroatoms. The SMILES string of the molecule is N#Cc1ccc(-c2nc(N3CCC4(CCNC4)CC3)ncc2C(C=N)C=NCC(F)(F)F)cc1. The highest BCUT2D eigenvalue weighted by Crippen LogP contribution is 2.38. The summed E-state index contributed by atoms with van der Waals surface area (Å²) >= 11 is 0. The Morgan fingerprint density at radius 3 is 2.56 bits per heavy atom. The van der Waals surface area contributed by atoms with Crippen LogP contribution in [0.5, 0.6) is 0 Å². The molecule has 1 aromatic carbocycles. The molecule has 2 aromatic rings. The Morgan fingerprint density at radius 1 is 1.24 bits per heavy atom. The van der Waals surface area contributed by atoms with E-state index in [9.17, 15) is 13.2 Å².